The summed E-state index contributed by atoms with van der Waals surface area (Å²) in [5.74, 6) is -0.658. The first-order valence-corrected chi connectivity index (χ1v) is 6.75. The zero-order valence-electron chi connectivity index (χ0n) is 10.9. The number of hydrogen-bond acceptors (Lipinski definition) is 2. The Hall–Kier alpha value is -1.71. The van der Waals surface area contributed by atoms with Crippen molar-refractivity contribution in [2.45, 2.75) is 12.8 Å². The molecule has 0 atom stereocenters. The molecule has 20 heavy (non-hydrogen) atoms. The molecule has 0 saturated heterocycles. The number of hydrogen-bond donors (Lipinski definition) is 1. The lowest BCUT2D eigenvalue weighted by molar-refractivity contribution is 0.0991. The minimum absolute atomic E-state index is 0.00597. The number of nitrogens with two attached hydrogens (primary N) is 1. The number of carbonyl (C=O) groups is 1. The van der Waals surface area contributed by atoms with Crippen LogP contribution in [0.4, 0.5) is 4.39 Å². The molecule has 0 bridgehead atoms. The van der Waals surface area contributed by atoms with Gasteiger partial charge in [-0.25, -0.2) is 4.39 Å². The SMILES string of the molecule is NCCc1ccccc1C(=O)Cc1cccc(Cl)c1F. The van der Waals surface area contributed by atoms with E-state index >= 15 is 0 Å². The van der Waals surface area contributed by atoms with Crippen LogP contribution in [0.3, 0.4) is 0 Å². The van der Waals surface area contributed by atoms with Crippen molar-refractivity contribution in [2.75, 3.05) is 6.54 Å². The Labute approximate surface area is 122 Å². The molecule has 0 radical (unpaired) electrons. The van der Waals surface area contributed by atoms with Gasteiger partial charge in [0.2, 0.25) is 0 Å². The van der Waals surface area contributed by atoms with Crippen LogP contribution < -0.4 is 5.73 Å². The van der Waals surface area contributed by atoms with Crippen LogP contribution in [0.5, 0.6) is 0 Å². The van der Waals surface area contributed by atoms with Crippen molar-refractivity contribution in [1.29, 1.82) is 0 Å². The van der Waals surface area contributed by atoms with Crippen molar-refractivity contribution >= 4 is 17.4 Å². The second kappa shape index (κ2) is 6.64. The van der Waals surface area contributed by atoms with E-state index in [1.807, 2.05) is 12.1 Å². The summed E-state index contributed by atoms with van der Waals surface area (Å²) >= 11 is 5.72. The summed E-state index contributed by atoms with van der Waals surface area (Å²) in [6.45, 7) is 0.468. The fraction of sp³-hybridized carbons (Fsp3) is 0.188. The zero-order valence-corrected chi connectivity index (χ0v) is 11.7. The lowest BCUT2D eigenvalue weighted by Gasteiger charge is -2.08. The van der Waals surface area contributed by atoms with Crippen LogP contribution in [-0.2, 0) is 12.8 Å². The van der Waals surface area contributed by atoms with Crippen LogP contribution in [0.1, 0.15) is 21.5 Å². The quantitative estimate of drug-likeness (QED) is 0.858. The molecule has 0 fully saturated rings. The topological polar surface area (TPSA) is 43.1 Å². The lowest BCUT2D eigenvalue weighted by atomic mass is 9.96. The van der Waals surface area contributed by atoms with Crippen molar-refractivity contribution in [1.82, 2.24) is 0 Å². The molecule has 104 valence electrons. The van der Waals surface area contributed by atoms with Gasteiger partial charge in [-0.05, 0) is 30.2 Å². The molecule has 0 aliphatic heterocycles. The first-order valence-electron chi connectivity index (χ1n) is 6.37. The van der Waals surface area contributed by atoms with Crippen molar-refractivity contribution in [3.8, 4) is 0 Å². The summed E-state index contributed by atoms with van der Waals surface area (Å²) in [6, 6.07) is 11.9. The van der Waals surface area contributed by atoms with Crippen molar-refractivity contribution in [3.05, 3.63) is 70.0 Å². The van der Waals surface area contributed by atoms with E-state index in [4.69, 9.17) is 17.3 Å². The van der Waals surface area contributed by atoms with Gasteiger partial charge >= 0.3 is 0 Å². The molecule has 2 rings (SSSR count). The molecular weight excluding hydrogens is 277 g/mol. The third kappa shape index (κ3) is 3.24. The molecule has 0 aromatic heterocycles. The zero-order chi connectivity index (χ0) is 14.5. The minimum atomic E-state index is -0.529. The van der Waals surface area contributed by atoms with Gasteiger partial charge in [-0.3, -0.25) is 4.79 Å². The Morgan fingerprint density at radius 2 is 1.80 bits per heavy atom. The van der Waals surface area contributed by atoms with E-state index in [0.717, 1.165) is 5.56 Å². The van der Waals surface area contributed by atoms with Crippen molar-refractivity contribution in [2.24, 2.45) is 5.73 Å². The Morgan fingerprint density at radius 1 is 1.10 bits per heavy atom. The van der Waals surface area contributed by atoms with Gasteiger partial charge in [0.25, 0.3) is 0 Å². The molecule has 0 aliphatic carbocycles. The summed E-state index contributed by atoms with van der Waals surface area (Å²) in [5.41, 5.74) is 7.33. The molecule has 2 aromatic carbocycles. The van der Waals surface area contributed by atoms with E-state index in [1.165, 1.54) is 6.07 Å². The lowest BCUT2D eigenvalue weighted by Crippen LogP contribution is -2.11. The highest BCUT2D eigenvalue weighted by molar-refractivity contribution is 6.30. The van der Waals surface area contributed by atoms with Gasteiger partial charge in [-0.15, -0.1) is 0 Å². The van der Waals surface area contributed by atoms with E-state index in [9.17, 15) is 9.18 Å². The second-order valence-corrected chi connectivity index (χ2v) is 4.92. The van der Waals surface area contributed by atoms with Gasteiger partial charge in [0, 0.05) is 12.0 Å². The van der Waals surface area contributed by atoms with Crippen molar-refractivity contribution in [3.63, 3.8) is 0 Å². The molecule has 0 amide bonds. The molecule has 2 nitrogen and oxygen atoms in total. The summed E-state index contributed by atoms with van der Waals surface area (Å²) in [7, 11) is 0. The van der Waals surface area contributed by atoms with E-state index < -0.39 is 5.82 Å². The number of carbonyl (C=O) groups excluding carboxylic acids is 1. The first kappa shape index (κ1) is 14.7. The Balaban J connectivity index is 2.26. The monoisotopic (exact) mass is 291 g/mol. The molecule has 0 aliphatic rings. The molecule has 2 N–H and O–H groups in total. The number of rotatable bonds is 5. The highest BCUT2D eigenvalue weighted by Gasteiger charge is 2.14. The Morgan fingerprint density at radius 3 is 2.55 bits per heavy atom. The molecule has 0 unspecified atom stereocenters. The highest BCUT2D eigenvalue weighted by atomic mass is 35.5. The van der Waals surface area contributed by atoms with E-state index in [0.29, 0.717) is 24.1 Å². The summed E-state index contributed by atoms with van der Waals surface area (Å²) < 4.78 is 13.8. The third-order valence-corrected chi connectivity index (χ3v) is 3.41. The van der Waals surface area contributed by atoms with E-state index in [-0.39, 0.29) is 17.2 Å². The van der Waals surface area contributed by atoms with Crippen LogP contribution in [-0.4, -0.2) is 12.3 Å². The maximum atomic E-state index is 13.8. The van der Waals surface area contributed by atoms with E-state index in [1.54, 1.807) is 24.3 Å². The van der Waals surface area contributed by atoms with Gasteiger partial charge in [-0.2, -0.15) is 0 Å². The van der Waals surface area contributed by atoms with Crippen LogP contribution in [0.2, 0.25) is 5.02 Å². The smallest absolute Gasteiger partial charge is 0.167 e. The molecule has 4 heteroatoms. The number of Topliss-reactive ketones (excluding diaryl/α,β-unsaturated/α-hetero) is 1. The van der Waals surface area contributed by atoms with Gasteiger partial charge < -0.3 is 5.73 Å². The summed E-state index contributed by atoms with van der Waals surface area (Å²) in [4.78, 5) is 12.3. The minimum Gasteiger partial charge on any atom is -0.330 e. The third-order valence-electron chi connectivity index (χ3n) is 3.11. The largest absolute Gasteiger partial charge is 0.330 e. The van der Waals surface area contributed by atoms with Crippen LogP contribution in [0, 0.1) is 5.82 Å². The van der Waals surface area contributed by atoms with Gasteiger partial charge in [-0.1, -0.05) is 48.0 Å². The number of halogens is 2. The van der Waals surface area contributed by atoms with Gasteiger partial charge in [0.15, 0.2) is 5.78 Å². The number of ketones is 1. The maximum Gasteiger partial charge on any atom is 0.167 e. The molecular formula is C16H15ClFNO. The van der Waals surface area contributed by atoms with E-state index in [2.05, 4.69) is 0 Å². The van der Waals surface area contributed by atoms with Crippen molar-refractivity contribution < 1.29 is 9.18 Å². The molecule has 0 saturated carbocycles. The first-order chi connectivity index (χ1) is 9.63. The van der Waals surface area contributed by atoms with Gasteiger partial charge in [0.05, 0.1) is 5.02 Å². The van der Waals surface area contributed by atoms with Crippen LogP contribution >= 0.6 is 11.6 Å². The predicted molar refractivity (Wildman–Crippen MR) is 78.6 cm³/mol. The molecule has 2 aromatic rings. The molecule has 0 spiro atoms. The average molecular weight is 292 g/mol. The highest BCUT2D eigenvalue weighted by Crippen LogP contribution is 2.20. The fourth-order valence-electron chi connectivity index (χ4n) is 2.12. The maximum absolute atomic E-state index is 13.8. The summed E-state index contributed by atoms with van der Waals surface area (Å²) in [6.07, 6.45) is 0.619. The second-order valence-electron chi connectivity index (χ2n) is 4.51. The Bertz CT molecular complexity index is 628. The predicted octanol–water partition coefficient (Wildman–Crippen LogP) is 3.41. The fourth-order valence-corrected chi connectivity index (χ4v) is 2.31. The normalized spacial score (nSPS) is 10.6. The molecule has 0 heterocycles. The van der Waals surface area contributed by atoms with Crippen LogP contribution in [0.25, 0.3) is 0 Å². The standard InChI is InChI=1S/C16H15ClFNO/c17-14-7-3-5-12(16(14)18)10-15(20)13-6-2-1-4-11(13)8-9-19/h1-7H,8-10,19H2. The average Bonchev–Trinajstić information content (AvgIpc) is 2.45. The Kier molecular flexibility index (Phi) is 4.88. The van der Waals surface area contributed by atoms with Gasteiger partial charge in [0.1, 0.15) is 5.82 Å². The van der Waals surface area contributed by atoms with Crippen LogP contribution in [0.15, 0.2) is 42.5 Å². The number of benzene rings is 2. The summed E-state index contributed by atoms with van der Waals surface area (Å²) in [5, 5.41) is 0.0329.